The summed E-state index contributed by atoms with van der Waals surface area (Å²) < 4.78 is 18.9. The number of halogens is 2. The van der Waals surface area contributed by atoms with Gasteiger partial charge in [-0.25, -0.2) is 9.38 Å². The Bertz CT molecular complexity index is 688. The van der Waals surface area contributed by atoms with Crippen molar-refractivity contribution in [1.82, 2.24) is 4.90 Å². The molecule has 0 bridgehead atoms. The SMILES string of the molecule is CCN(C)/C=N\c1cc(C)c(Oc2cccc(F)c2)cc1Cl. The Kier molecular flexibility index (Phi) is 5.39. The molecule has 0 radical (unpaired) electrons. The van der Waals surface area contributed by atoms with Crippen molar-refractivity contribution in [3.05, 3.63) is 52.8 Å². The molecule has 2 aromatic carbocycles. The minimum Gasteiger partial charge on any atom is -0.457 e. The summed E-state index contributed by atoms with van der Waals surface area (Å²) in [6.07, 6.45) is 1.73. The van der Waals surface area contributed by atoms with Crippen molar-refractivity contribution in [2.24, 2.45) is 4.99 Å². The van der Waals surface area contributed by atoms with Gasteiger partial charge in [-0.2, -0.15) is 0 Å². The molecule has 5 heteroatoms. The Hall–Kier alpha value is -2.07. The number of rotatable bonds is 5. The lowest BCUT2D eigenvalue weighted by Crippen LogP contribution is -2.14. The van der Waals surface area contributed by atoms with Gasteiger partial charge in [-0.1, -0.05) is 17.7 Å². The van der Waals surface area contributed by atoms with Crippen LogP contribution in [0, 0.1) is 12.7 Å². The molecule has 0 spiro atoms. The molecule has 2 aromatic rings. The zero-order valence-electron chi connectivity index (χ0n) is 12.8. The maximum Gasteiger partial charge on any atom is 0.131 e. The quantitative estimate of drug-likeness (QED) is 0.559. The zero-order valence-corrected chi connectivity index (χ0v) is 13.6. The van der Waals surface area contributed by atoms with Crippen molar-refractivity contribution in [3.8, 4) is 11.5 Å². The van der Waals surface area contributed by atoms with Crippen LogP contribution < -0.4 is 4.74 Å². The van der Waals surface area contributed by atoms with E-state index in [9.17, 15) is 4.39 Å². The van der Waals surface area contributed by atoms with Crippen molar-refractivity contribution in [2.75, 3.05) is 13.6 Å². The van der Waals surface area contributed by atoms with Crippen LogP contribution in [0.1, 0.15) is 12.5 Å². The summed E-state index contributed by atoms with van der Waals surface area (Å²) in [7, 11) is 1.94. The zero-order chi connectivity index (χ0) is 16.1. The Morgan fingerprint density at radius 1 is 1.32 bits per heavy atom. The van der Waals surface area contributed by atoms with Gasteiger partial charge in [0.05, 0.1) is 17.0 Å². The van der Waals surface area contributed by atoms with E-state index in [1.165, 1.54) is 12.1 Å². The number of ether oxygens (including phenoxy) is 1. The molecular formula is C17H18ClFN2O. The molecule has 0 N–H and O–H groups in total. The predicted molar refractivity (Wildman–Crippen MR) is 89.1 cm³/mol. The number of nitrogens with zero attached hydrogens (tertiary/aromatic N) is 2. The van der Waals surface area contributed by atoms with Crippen LogP contribution in [0.3, 0.4) is 0 Å². The van der Waals surface area contributed by atoms with Crippen LogP contribution in [-0.2, 0) is 0 Å². The van der Waals surface area contributed by atoms with Crippen LogP contribution >= 0.6 is 11.6 Å². The second-order valence-electron chi connectivity index (χ2n) is 4.95. The summed E-state index contributed by atoms with van der Waals surface area (Å²) in [5.74, 6) is 0.671. The van der Waals surface area contributed by atoms with Crippen LogP contribution in [0.5, 0.6) is 11.5 Å². The smallest absolute Gasteiger partial charge is 0.131 e. The van der Waals surface area contributed by atoms with Gasteiger partial charge in [0.15, 0.2) is 0 Å². The van der Waals surface area contributed by atoms with E-state index in [0.29, 0.717) is 22.2 Å². The summed E-state index contributed by atoms with van der Waals surface area (Å²) in [5, 5.41) is 0.484. The number of hydrogen-bond acceptors (Lipinski definition) is 2. The molecular weight excluding hydrogens is 303 g/mol. The number of aliphatic imine (C=N–C) groups is 1. The lowest BCUT2D eigenvalue weighted by molar-refractivity contribution is 0.473. The third-order valence-corrected chi connectivity index (χ3v) is 3.46. The normalized spacial score (nSPS) is 11.0. The van der Waals surface area contributed by atoms with E-state index in [2.05, 4.69) is 4.99 Å². The van der Waals surface area contributed by atoms with Crippen LogP contribution in [0.15, 0.2) is 41.4 Å². The van der Waals surface area contributed by atoms with Crippen LogP contribution in [0.4, 0.5) is 10.1 Å². The van der Waals surface area contributed by atoms with Gasteiger partial charge in [0.1, 0.15) is 17.3 Å². The molecule has 0 fully saturated rings. The Balaban J connectivity index is 2.24. The van der Waals surface area contributed by atoms with Crippen molar-refractivity contribution in [1.29, 1.82) is 0 Å². The molecule has 0 aliphatic heterocycles. The number of hydrogen-bond donors (Lipinski definition) is 0. The first-order valence-corrected chi connectivity index (χ1v) is 7.35. The van der Waals surface area contributed by atoms with Gasteiger partial charge in [0.2, 0.25) is 0 Å². The van der Waals surface area contributed by atoms with Crippen molar-refractivity contribution < 1.29 is 9.13 Å². The van der Waals surface area contributed by atoms with E-state index in [0.717, 1.165) is 12.1 Å². The second kappa shape index (κ2) is 7.27. The fourth-order valence-corrected chi connectivity index (χ4v) is 1.96. The largest absolute Gasteiger partial charge is 0.457 e. The molecule has 0 aromatic heterocycles. The summed E-state index contributed by atoms with van der Waals surface area (Å²) in [5.41, 5.74) is 1.55. The molecule has 0 saturated heterocycles. The van der Waals surface area contributed by atoms with E-state index in [1.54, 1.807) is 24.5 Å². The van der Waals surface area contributed by atoms with E-state index >= 15 is 0 Å². The van der Waals surface area contributed by atoms with E-state index in [1.807, 2.05) is 31.9 Å². The lowest BCUT2D eigenvalue weighted by atomic mass is 10.2. The minimum absolute atomic E-state index is 0.343. The molecule has 0 atom stereocenters. The molecule has 3 nitrogen and oxygen atoms in total. The fraction of sp³-hybridized carbons (Fsp3) is 0.235. The molecule has 0 aliphatic carbocycles. The van der Waals surface area contributed by atoms with Crippen molar-refractivity contribution in [2.45, 2.75) is 13.8 Å². The lowest BCUT2D eigenvalue weighted by Gasteiger charge is -2.12. The van der Waals surface area contributed by atoms with Gasteiger partial charge in [0, 0.05) is 25.7 Å². The molecule has 116 valence electrons. The summed E-state index contributed by atoms with van der Waals surface area (Å²) in [4.78, 5) is 6.30. The third kappa shape index (κ3) is 4.21. The highest BCUT2D eigenvalue weighted by Gasteiger charge is 2.08. The molecule has 0 amide bonds. The molecule has 0 aliphatic rings. The van der Waals surface area contributed by atoms with Gasteiger partial charge in [-0.3, -0.25) is 0 Å². The van der Waals surface area contributed by atoms with E-state index in [-0.39, 0.29) is 5.82 Å². The van der Waals surface area contributed by atoms with Gasteiger partial charge in [-0.15, -0.1) is 0 Å². The highest BCUT2D eigenvalue weighted by molar-refractivity contribution is 6.33. The van der Waals surface area contributed by atoms with Crippen LogP contribution in [0.2, 0.25) is 5.02 Å². The first-order valence-electron chi connectivity index (χ1n) is 6.97. The highest BCUT2D eigenvalue weighted by Crippen LogP contribution is 2.34. The number of aryl methyl sites for hydroxylation is 1. The van der Waals surface area contributed by atoms with Gasteiger partial charge < -0.3 is 9.64 Å². The average Bonchev–Trinajstić information content (AvgIpc) is 2.49. The first kappa shape index (κ1) is 16.3. The second-order valence-corrected chi connectivity index (χ2v) is 5.35. The topological polar surface area (TPSA) is 24.8 Å². The fourth-order valence-electron chi connectivity index (χ4n) is 1.76. The molecule has 0 heterocycles. The van der Waals surface area contributed by atoms with Gasteiger partial charge >= 0.3 is 0 Å². The Labute approximate surface area is 135 Å². The van der Waals surface area contributed by atoms with E-state index in [4.69, 9.17) is 16.3 Å². The molecule has 0 saturated carbocycles. The average molecular weight is 321 g/mol. The highest BCUT2D eigenvalue weighted by atomic mass is 35.5. The third-order valence-electron chi connectivity index (χ3n) is 3.16. The summed E-state index contributed by atoms with van der Waals surface area (Å²) >= 11 is 6.24. The monoisotopic (exact) mass is 320 g/mol. The molecule has 22 heavy (non-hydrogen) atoms. The van der Waals surface area contributed by atoms with Crippen LogP contribution in [-0.4, -0.2) is 24.8 Å². The van der Waals surface area contributed by atoms with E-state index < -0.39 is 0 Å². The molecule has 0 unspecified atom stereocenters. The first-order chi connectivity index (χ1) is 10.5. The van der Waals surface area contributed by atoms with Crippen LogP contribution in [0.25, 0.3) is 0 Å². The maximum absolute atomic E-state index is 13.2. The summed E-state index contributed by atoms with van der Waals surface area (Å²) in [6.45, 7) is 4.79. The summed E-state index contributed by atoms with van der Waals surface area (Å²) in [6, 6.07) is 9.53. The van der Waals surface area contributed by atoms with Crippen molar-refractivity contribution in [3.63, 3.8) is 0 Å². The standard InChI is InChI=1S/C17H18ClFN2O/c1-4-21(3)11-20-16-8-12(2)17(10-15(16)18)22-14-7-5-6-13(19)9-14/h5-11H,4H2,1-3H3/b20-11-. The predicted octanol–water partition coefficient (Wildman–Crippen LogP) is 5.19. The molecule has 2 rings (SSSR count). The maximum atomic E-state index is 13.2. The minimum atomic E-state index is -0.343. The van der Waals surface area contributed by atoms with Gasteiger partial charge in [0.25, 0.3) is 0 Å². The Morgan fingerprint density at radius 2 is 2.09 bits per heavy atom. The van der Waals surface area contributed by atoms with Gasteiger partial charge in [-0.05, 0) is 37.6 Å². The Morgan fingerprint density at radius 3 is 2.77 bits per heavy atom. The van der Waals surface area contributed by atoms with Crippen molar-refractivity contribution >= 4 is 23.6 Å². The number of benzene rings is 2.